The highest BCUT2D eigenvalue weighted by Crippen LogP contribution is 2.22. The van der Waals surface area contributed by atoms with Crippen LogP contribution >= 0.6 is 0 Å². The van der Waals surface area contributed by atoms with E-state index in [-0.39, 0.29) is 23.2 Å². The first-order valence-electron chi connectivity index (χ1n) is 8.95. The number of nitrogens with zero attached hydrogens (tertiary/aromatic N) is 1. The molecule has 1 heterocycles. The Bertz CT molecular complexity index is 1110. The smallest absolute Gasteiger partial charge is 0.259 e. The van der Waals surface area contributed by atoms with Crippen molar-refractivity contribution in [2.45, 2.75) is 13.8 Å². The van der Waals surface area contributed by atoms with Crippen LogP contribution in [-0.2, 0) is 4.79 Å². The van der Waals surface area contributed by atoms with Crippen LogP contribution < -0.4 is 16.0 Å². The first-order chi connectivity index (χ1) is 13.9. The highest BCUT2D eigenvalue weighted by molar-refractivity contribution is 6.09. The Kier molecular flexibility index (Phi) is 5.82. The molecule has 3 aromatic rings. The number of pyridine rings is 1. The number of amides is 3. The van der Waals surface area contributed by atoms with Gasteiger partial charge in [-0.15, -0.1) is 0 Å². The number of aromatic nitrogens is 1. The molecule has 29 heavy (non-hydrogen) atoms. The third-order valence-corrected chi connectivity index (χ3v) is 4.07. The Morgan fingerprint density at radius 3 is 2.45 bits per heavy atom. The zero-order valence-corrected chi connectivity index (χ0v) is 15.9. The first-order valence-corrected chi connectivity index (χ1v) is 8.95. The summed E-state index contributed by atoms with van der Waals surface area (Å²) in [6.07, 6.45) is 0. The van der Waals surface area contributed by atoms with Crippen molar-refractivity contribution in [3.63, 3.8) is 0 Å². The average molecular weight is 394 g/mol. The Morgan fingerprint density at radius 2 is 1.72 bits per heavy atom. The number of anilines is 2. The summed E-state index contributed by atoms with van der Waals surface area (Å²) in [7, 11) is 0. The van der Waals surface area contributed by atoms with Crippen LogP contribution in [0, 0.1) is 5.82 Å². The lowest BCUT2D eigenvalue weighted by atomic mass is 10.1. The molecule has 0 saturated heterocycles. The van der Waals surface area contributed by atoms with E-state index in [1.807, 2.05) is 0 Å². The minimum absolute atomic E-state index is 0.110. The SMILES string of the molecule is CCNC(=O)c1cc(NC(=O)c2cc(NC(C)=O)ccc2F)nc2ccccc12. The molecule has 0 aliphatic carbocycles. The molecule has 0 saturated carbocycles. The number of fused-ring (bicyclic) bond motifs is 1. The lowest BCUT2D eigenvalue weighted by Crippen LogP contribution is -2.23. The minimum atomic E-state index is -0.751. The average Bonchev–Trinajstić information content (AvgIpc) is 2.68. The van der Waals surface area contributed by atoms with Gasteiger partial charge in [-0.3, -0.25) is 14.4 Å². The summed E-state index contributed by atoms with van der Waals surface area (Å²) in [5.74, 6) is -2.04. The molecule has 0 spiro atoms. The van der Waals surface area contributed by atoms with E-state index < -0.39 is 11.7 Å². The van der Waals surface area contributed by atoms with E-state index in [9.17, 15) is 18.8 Å². The molecule has 3 rings (SSSR count). The number of hydrogen-bond donors (Lipinski definition) is 3. The fourth-order valence-electron chi connectivity index (χ4n) is 2.85. The van der Waals surface area contributed by atoms with E-state index >= 15 is 0 Å². The van der Waals surface area contributed by atoms with Gasteiger partial charge in [0.05, 0.1) is 16.6 Å². The summed E-state index contributed by atoms with van der Waals surface area (Å²) in [5, 5.41) is 8.38. The number of rotatable bonds is 5. The second kappa shape index (κ2) is 8.47. The largest absolute Gasteiger partial charge is 0.352 e. The van der Waals surface area contributed by atoms with Gasteiger partial charge < -0.3 is 16.0 Å². The Morgan fingerprint density at radius 1 is 0.966 bits per heavy atom. The van der Waals surface area contributed by atoms with E-state index in [1.165, 1.54) is 25.1 Å². The maximum absolute atomic E-state index is 14.2. The number of nitrogens with one attached hydrogen (secondary N) is 3. The van der Waals surface area contributed by atoms with E-state index in [0.29, 0.717) is 28.7 Å². The van der Waals surface area contributed by atoms with Gasteiger partial charge in [0, 0.05) is 24.5 Å². The topological polar surface area (TPSA) is 100 Å². The van der Waals surface area contributed by atoms with E-state index in [0.717, 1.165) is 6.07 Å². The van der Waals surface area contributed by atoms with Crippen LogP contribution in [-0.4, -0.2) is 29.3 Å². The number of benzene rings is 2. The van der Waals surface area contributed by atoms with Gasteiger partial charge in [-0.2, -0.15) is 0 Å². The van der Waals surface area contributed by atoms with Gasteiger partial charge in [0.15, 0.2) is 0 Å². The van der Waals surface area contributed by atoms with Crippen molar-refractivity contribution in [1.82, 2.24) is 10.3 Å². The Labute approximate surface area is 166 Å². The van der Waals surface area contributed by atoms with Crippen molar-refractivity contribution in [2.24, 2.45) is 0 Å². The van der Waals surface area contributed by atoms with Crippen LogP contribution in [0.2, 0.25) is 0 Å². The number of halogens is 1. The quantitative estimate of drug-likeness (QED) is 0.618. The molecule has 0 atom stereocenters. The fraction of sp³-hybridized carbons (Fsp3) is 0.143. The summed E-state index contributed by atoms with van der Waals surface area (Å²) in [6.45, 7) is 3.55. The number of carbonyl (C=O) groups excluding carboxylic acids is 3. The molecule has 3 N–H and O–H groups in total. The number of hydrogen-bond acceptors (Lipinski definition) is 4. The molecule has 0 bridgehead atoms. The zero-order valence-electron chi connectivity index (χ0n) is 15.9. The van der Waals surface area contributed by atoms with Gasteiger partial charge in [-0.1, -0.05) is 18.2 Å². The fourth-order valence-corrected chi connectivity index (χ4v) is 2.85. The van der Waals surface area contributed by atoms with Crippen LogP contribution in [0.3, 0.4) is 0 Å². The molecule has 0 radical (unpaired) electrons. The third-order valence-electron chi connectivity index (χ3n) is 4.07. The van der Waals surface area contributed by atoms with E-state index in [4.69, 9.17) is 0 Å². The van der Waals surface area contributed by atoms with Crippen LogP contribution in [0.15, 0.2) is 48.5 Å². The second-order valence-corrected chi connectivity index (χ2v) is 6.26. The normalized spacial score (nSPS) is 10.4. The molecule has 0 unspecified atom stereocenters. The number of carbonyl (C=O) groups is 3. The van der Waals surface area contributed by atoms with Gasteiger partial charge in [-0.25, -0.2) is 9.37 Å². The van der Waals surface area contributed by atoms with Gasteiger partial charge in [0.2, 0.25) is 5.91 Å². The molecule has 7 nitrogen and oxygen atoms in total. The van der Waals surface area contributed by atoms with Gasteiger partial charge in [-0.05, 0) is 37.3 Å². The van der Waals surface area contributed by atoms with Crippen LogP contribution in [0.4, 0.5) is 15.9 Å². The summed E-state index contributed by atoms with van der Waals surface area (Å²) >= 11 is 0. The molecule has 148 valence electrons. The van der Waals surface area contributed by atoms with Crippen molar-refractivity contribution in [1.29, 1.82) is 0 Å². The molecule has 0 aliphatic rings. The van der Waals surface area contributed by atoms with E-state index in [1.54, 1.807) is 31.2 Å². The zero-order chi connectivity index (χ0) is 21.0. The summed E-state index contributed by atoms with van der Waals surface area (Å²) in [5.41, 5.74) is 0.892. The van der Waals surface area contributed by atoms with Crippen molar-refractivity contribution in [3.8, 4) is 0 Å². The van der Waals surface area contributed by atoms with Gasteiger partial charge >= 0.3 is 0 Å². The van der Waals surface area contributed by atoms with Gasteiger partial charge in [0.1, 0.15) is 11.6 Å². The molecule has 3 amide bonds. The highest BCUT2D eigenvalue weighted by atomic mass is 19.1. The van der Waals surface area contributed by atoms with Crippen molar-refractivity contribution in [3.05, 3.63) is 65.5 Å². The molecule has 8 heteroatoms. The van der Waals surface area contributed by atoms with Crippen molar-refractivity contribution < 1.29 is 18.8 Å². The number of para-hydroxylation sites is 1. The predicted molar refractivity (Wildman–Crippen MR) is 108 cm³/mol. The molecule has 0 aliphatic heterocycles. The molecule has 0 fully saturated rings. The van der Waals surface area contributed by atoms with Crippen LogP contribution in [0.5, 0.6) is 0 Å². The Hall–Kier alpha value is -3.81. The molecule has 2 aromatic carbocycles. The molecular formula is C21H19FN4O3. The Balaban J connectivity index is 1.97. The monoisotopic (exact) mass is 394 g/mol. The van der Waals surface area contributed by atoms with E-state index in [2.05, 4.69) is 20.9 Å². The van der Waals surface area contributed by atoms with Crippen molar-refractivity contribution in [2.75, 3.05) is 17.2 Å². The minimum Gasteiger partial charge on any atom is -0.352 e. The lowest BCUT2D eigenvalue weighted by molar-refractivity contribution is -0.114. The third kappa shape index (κ3) is 4.55. The van der Waals surface area contributed by atoms with Crippen LogP contribution in [0.1, 0.15) is 34.6 Å². The standard InChI is InChI=1S/C21H19FN4O3/c1-3-23-20(28)15-11-19(25-18-7-5-4-6-14(15)18)26-21(29)16-10-13(24-12(2)27)8-9-17(16)22/h4-11H,3H2,1-2H3,(H,23,28)(H,24,27)(H,25,26,29). The summed E-state index contributed by atoms with van der Waals surface area (Å²) in [4.78, 5) is 40.6. The first kappa shape index (κ1) is 19.9. The molecular weight excluding hydrogens is 375 g/mol. The highest BCUT2D eigenvalue weighted by Gasteiger charge is 2.17. The maximum atomic E-state index is 14.2. The second-order valence-electron chi connectivity index (χ2n) is 6.26. The summed E-state index contributed by atoms with van der Waals surface area (Å²) in [6, 6.07) is 12.1. The van der Waals surface area contributed by atoms with Crippen molar-refractivity contribution >= 4 is 40.1 Å². The lowest BCUT2D eigenvalue weighted by Gasteiger charge is -2.11. The predicted octanol–water partition coefficient (Wildman–Crippen LogP) is 3.33. The molecule has 1 aromatic heterocycles. The van der Waals surface area contributed by atoms with Gasteiger partial charge in [0.25, 0.3) is 11.8 Å². The summed E-state index contributed by atoms with van der Waals surface area (Å²) < 4.78 is 14.2. The van der Waals surface area contributed by atoms with Crippen LogP contribution in [0.25, 0.3) is 10.9 Å². The maximum Gasteiger partial charge on any atom is 0.259 e.